The van der Waals surface area contributed by atoms with Crippen LogP contribution in [0.1, 0.15) is 32.8 Å². The maximum absolute atomic E-state index is 14.9. The van der Waals surface area contributed by atoms with Gasteiger partial charge in [-0.2, -0.15) is 18.2 Å². The van der Waals surface area contributed by atoms with Crippen molar-refractivity contribution in [1.82, 2.24) is 14.5 Å². The fourth-order valence-corrected chi connectivity index (χ4v) is 6.28. The third-order valence-corrected chi connectivity index (χ3v) is 8.18. The standard InChI is InChI=1S/C27H27F5N4O3S.C3H8O2/c1-26(2,3)39-25(38)35-10-8-34(9-11-35)23-17-14-18(27(30,31)32)20(16-6-5-15(28)13-19(16)29)22-21(17)36(24(37)33-23)7-4-12-40-22;1-5-3-2-4/h5-6,13-14H,4,7-12H2,1-3H3;4H,2-3H2,1H3. The average Bonchev–Trinajstić information content (AvgIpc) is 3.18. The number of methoxy groups -OCH3 is 1. The van der Waals surface area contributed by atoms with Gasteiger partial charge in [-0.3, -0.25) is 4.57 Å². The van der Waals surface area contributed by atoms with E-state index < -0.39 is 51.9 Å². The second-order valence-electron chi connectivity index (χ2n) is 11.4. The zero-order valence-corrected chi connectivity index (χ0v) is 26.2. The number of aliphatic hydroxyl groups excluding tert-OH is 1. The van der Waals surface area contributed by atoms with E-state index in [9.17, 15) is 31.5 Å². The molecule has 0 unspecified atom stereocenters. The van der Waals surface area contributed by atoms with Crippen LogP contribution in [0.15, 0.2) is 34.0 Å². The van der Waals surface area contributed by atoms with Crippen LogP contribution < -0.4 is 10.6 Å². The van der Waals surface area contributed by atoms with Crippen molar-refractivity contribution >= 4 is 34.6 Å². The zero-order valence-electron chi connectivity index (χ0n) is 25.3. The number of hydrogen-bond acceptors (Lipinski definition) is 8. The Morgan fingerprint density at radius 2 is 1.76 bits per heavy atom. The molecular formula is C30H35F5N4O5S. The van der Waals surface area contributed by atoms with Crippen molar-refractivity contribution in [3.8, 4) is 11.1 Å². The molecule has 45 heavy (non-hydrogen) atoms. The lowest BCUT2D eigenvalue weighted by atomic mass is 9.95. The van der Waals surface area contributed by atoms with E-state index in [0.29, 0.717) is 24.8 Å². The number of carbonyl (C=O) groups excluding carboxylic acids is 1. The summed E-state index contributed by atoms with van der Waals surface area (Å²) in [6.45, 7) is 6.89. The predicted molar refractivity (Wildman–Crippen MR) is 161 cm³/mol. The van der Waals surface area contributed by atoms with Gasteiger partial charge in [-0.1, -0.05) is 0 Å². The van der Waals surface area contributed by atoms with E-state index in [1.54, 1.807) is 32.8 Å². The van der Waals surface area contributed by atoms with E-state index >= 15 is 0 Å². The quantitative estimate of drug-likeness (QED) is 0.366. The number of hydrogen-bond donors (Lipinski definition) is 1. The number of carbonyl (C=O) groups is 1. The van der Waals surface area contributed by atoms with Gasteiger partial charge in [0.05, 0.1) is 24.3 Å². The van der Waals surface area contributed by atoms with Crippen LogP contribution in [0.2, 0.25) is 0 Å². The Balaban J connectivity index is 0.000000854. The number of thioether (sulfide) groups is 1. The van der Waals surface area contributed by atoms with Gasteiger partial charge in [-0.15, -0.1) is 11.8 Å². The molecule has 2 aromatic carbocycles. The Labute approximate surface area is 260 Å². The van der Waals surface area contributed by atoms with Crippen molar-refractivity contribution in [3.05, 3.63) is 51.9 Å². The first kappa shape index (κ1) is 34.4. The number of piperazine rings is 1. The van der Waals surface area contributed by atoms with Crippen molar-refractivity contribution in [2.24, 2.45) is 0 Å². The fraction of sp³-hybridized carbons (Fsp3) is 0.500. The lowest BCUT2D eigenvalue weighted by molar-refractivity contribution is -0.137. The number of halogens is 5. The van der Waals surface area contributed by atoms with Crippen LogP contribution in [0.25, 0.3) is 22.0 Å². The van der Waals surface area contributed by atoms with Gasteiger partial charge in [0.2, 0.25) is 0 Å². The maximum Gasteiger partial charge on any atom is 0.417 e. The van der Waals surface area contributed by atoms with Gasteiger partial charge in [0.1, 0.15) is 23.1 Å². The number of aryl methyl sites for hydroxylation is 1. The van der Waals surface area contributed by atoms with Gasteiger partial charge in [0, 0.05) is 67.3 Å². The number of aromatic nitrogens is 2. The van der Waals surface area contributed by atoms with Gasteiger partial charge >= 0.3 is 18.0 Å². The second-order valence-corrected chi connectivity index (χ2v) is 12.5. The normalized spacial score (nSPS) is 15.4. The summed E-state index contributed by atoms with van der Waals surface area (Å²) in [6.07, 6.45) is -4.91. The van der Waals surface area contributed by atoms with Crippen LogP contribution in [0.3, 0.4) is 0 Å². The molecule has 0 atom stereocenters. The summed E-state index contributed by atoms with van der Waals surface area (Å²) in [5.41, 5.74) is -3.01. The SMILES string of the molecule is CC(C)(C)OC(=O)N1CCN(c2nc(=O)n3c4c(c(-c5ccc(F)cc5F)c(C(F)(F)F)cc24)SCCC3)CC1.COCCO. The second kappa shape index (κ2) is 13.9. The van der Waals surface area contributed by atoms with Crippen LogP contribution in [0, 0.1) is 11.6 Å². The summed E-state index contributed by atoms with van der Waals surface area (Å²) in [5.74, 6) is -1.59. The minimum Gasteiger partial charge on any atom is -0.444 e. The molecule has 0 bridgehead atoms. The predicted octanol–water partition coefficient (Wildman–Crippen LogP) is 5.54. The summed E-state index contributed by atoms with van der Waals surface area (Å²) in [5, 5.41) is 8.05. The largest absolute Gasteiger partial charge is 0.444 e. The van der Waals surface area contributed by atoms with Crippen molar-refractivity contribution in [2.45, 2.75) is 50.4 Å². The van der Waals surface area contributed by atoms with E-state index in [-0.39, 0.29) is 60.9 Å². The fourth-order valence-electron chi connectivity index (χ4n) is 5.08. The molecular weight excluding hydrogens is 623 g/mol. The van der Waals surface area contributed by atoms with Gasteiger partial charge < -0.3 is 24.4 Å². The Morgan fingerprint density at radius 1 is 1.07 bits per heavy atom. The number of alkyl halides is 3. The number of amides is 1. The highest BCUT2D eigenvalue weighted by Crippen LogP contribution is 2.48. The molecule has 0 spiro atoms. The number of rotatable bonds is 4. The number of benzene rings is 2. The minimum atomic E-state index is -4.89. The lowest BCUT2D eigenvalue weighted by Gasteiger charge is -2.36. The Morgan fingerprint density at radius 3 is 2.31 bits per heavy atom. The molecule has 1 fully saturated rings. The highest BCUT2D eigenvalue weighted by Gasteiger charge is 2.39. The summed E-state index contributed by atoms with van der Waals surface area (Å²) in [6, 6.07) is 3.35. The van der Waals surface area contributed by atoms with Crippen LogP contribution >= 0.6 is 11.8 Å². The first-order chi connectivity index (χ1) is 21.2. The lowest BCUT2D eigenvalue weighted by Crippen LogP contribution is -2.50. The molecule has 1 amide bonds. The Bertz CT molecular complexity index is 1600. The summed E-state index contributed by atoms with van der Waals surface area (Å²) >= 11 is 1.10. The highest BCUT2D eigenvalue weighted by atomic mass is 32.2. The van der Waals surface area contributed by atoms with E-state index in [0.717, 1.165) is 30.0 Å². The van der Waals surface area contributed by atoms with Gasteiger partial charge in [-0.05, 0) is 51.1 Å². The topological polar surface area (TPSA) is 97.1 Å². The van der Waals surface area contributed by atoms with Gasteiger partial charge in [0.15, 0.2) is 0 Å². The molecule has 0 aliphatic carbocycles. The molecule has 2 aliphatic rings. The van der Waals surface area contributed by atoms with E-state index in [1.807, 2.05) is 0 Å². The molecule has 2 aliphatic heterocycles. The molecule has 1 aromatic heterocycles. The maximum atomic E-state index is 14.9. The van der Waals surface area contributed by atoms with Crippen LogP contribution in [-0.4, -0.2) is 83.5 Å². The highest BCUT2D eigenvalue weighted by molar-refractivity contribution is 7.99. The molecule has 3 aromatic rings. The van der Waals surface area contributed by atoms with E-state index in [2.05, 4.69) is 9.72 Å². The average molecular weight is 659 g/mol. The summed E-state index contributed by atoms with van der Waals surface area (Å²) < 4.78 is 83.5. The van der Waals surface area contributed by atoms with Gasteiger partial charge in [0.25, 0.3) is 0 Å². The molecule has 3 heterocycles. The van der Waals surface area contributed by atoms with Crippen molar-refractivity contribution in [2.75, 3.05) is 57.2 Å². The summed E-state index contributed by atoms with van der Waals surface area (Å²) in [7, 11) is 1.55. The molecule has 246 valence electrons. The Hall–Kier alpha value is -3.43. The molecule has 9 nitrogen and oxygen atoms in total. The van der Waals surface area contributed by atoms with Gasteiger partial charge in [-0.25, -0.2) is 18.4 Å². The summed E-state index contributed by atoms with van der Waals surface area (Å²) in [4.78, 5) is 33.2. The number of ether oxygens (including phenoxy) is 2. The van der Waals surface area contributed by atoms with Crippen LogP contribution in [0.4, 0.5) is 32.6 Å². The Kier molecular flexibility index (Phi) is 10.6. The molecule has 1 N–H and O–H groups in total. The minimum absolute atomic E-state index is 0.0699. The van der Waals surface area contributed by atoms with Crippen molar-refractivity contribution < 1.29 is 41.3 Å². The first-order valence-electron chi connectivity index (χ1n) is 14.3. The van der Waals surface area contributed by atoms with Crippen molar-refractivity contribution in [3.63, 3.8) is 0 Å². The van der Waals surface area contributed by atoms with E-state index in [4.69, 9.17) is 9.84 Å². The molecule has 15 heteroatoms. The van der Waals surface area contributed by atoms with Crippen LogP contribution in [0.5, 0.6) is 0 Å². The first-order valence-corrected chi connectivity index (χ1v) is 15.2. The third-order valence-electron chi connectivity index (χ3n) is 7.00. The zero-order chi connectivity index (χ0) is 33.1. The third kappa shape index (κ3) is 7.87. The number of anilines is 1. The molecule has 1 saturated heterocycles. The van der Waals surface area contributed by atoms with Crippen LogP contribution in [-0.2, 0) is 22.2 Å². The number of aliphatic hydroxyl groups is 1. The number of nitrogens with zero attached hydrogens (tertiary/aromatic N) is 4. The monoisotopic (exact) mass is 658 g/mol. The molecule has 0 saturated carbocycles. The molecule has 0 radical (unpaired) electrons. The molecule has 5 rings (SSSR count). The smallest absolute Gasteiger partial charge is 0.417 e. The van der Waals surface area contributed by atoms with E-state index in [1.165, 1.54) is 9.47 Å². The van der Waals surface area contributed by atoms with Crippen molar-refractivity contribution in [1.29, 1.82) is 0 Å².